The van der Waals surface area contributed by atoms with Crippen LogP contribution in [0.1, 0.15) is 27.0 Å². The number of carbonyl (C=O) groups is 1. The summed E-state index contributed by atoms with van der Waals surface area (Å²) in [5.41, 5.74) is -0.173. The molecule has 0 spiro atoms. The first kappa shape index (κ1) is 12.7. The molecule has 4 rings (SSSR count). The number of rotatable bonds is 3. The van der Waals surface area contributed by atoms with Crippen LogP contribution in [-0.2, 0) is 12.8 Å². The van der Waals surface area contributed by atoms with Gasteiger partial charge in [0, 0.05) is 5.56 Å². The Morgan fingerprint density at radius 2 is 1.70 bits per heavy atom. The molecule has 20 heavy (non-hydrogen) atoms. The van der Waals surface area contributed by atoms with Gasteiger partial charge in [-0.2, -0.15) is 13.2 Å². The van der Waals surface area contributed by atoms with Gasteiger partial charge < -0.3 is 4.74 Å². The summed E-state index contributed by atoms with van der Waals surface area (Å²) in [4.78, 5) is 11.6. The first-order chi connectivity index (χ1) is 9.47. The topological polar surface area (TPSA) is 26.3 Å². The first-order valence-electron chi connectivity index (χ1n) is 5.93. The molecular formula is C15H9F3O2. The SMILES string of the molecule is O=C1c2cc1c(C(F)(F)F)cc2OCc1ccccc1. The van der Waals surface area contributed by atoms with Crippen LogP contribution in [0.2, 0.25) is 0 Å². The molecule has 0 unspecified atom stereocenters. The molecule has 0 heterocycles. The standard InChI is InChI=1S/C15H9F3O2/c16-15(17,18)12-7-13(11-6-10(12)14(11)19)20-8-9-4-2-1-3-5-9/h1-7H,8H2. The molecule has 0 saturated heterocycles. The monoisotopic (exact) mass is 278 g/mol. The minimum absolute atomic E-state index is 0.0128. The van der Waals surface area contributed by atoms with Crippen molar-refractivity contribution in [2.75, 3.05) is 0 Å². The Bertz CT molecular complexity index is 676. The second kappa shape index (κ2) is 4.37. The van der Waals surface area contributed by atoms with Crippen molar-refractivity contribution < 1.29 is 22.7 Å². The van der Waals surface area contributed by atoms with Crippen molar-refractivity contribution in [2.45, 2.75) is 12.8 Å². The lowest BCUT2D eigenvalue weighted by molar-refractivity contribution is -0.138. The number of hydrogen-bond donors (Lipinski definition) is 0. The van der Waals surface area contributed by atoms with Crippen molar-refractivity contribution in [1.82, 2.24) is 0 Å². The van der Waals surface area contributed by atoms with Crippen LogP contribution in [0.25, 0.3) is 0 Å². The third kappa shape index (κ3) is 2.05. The van der Waals surface area contributed by atoms with Gasteiger partial charge in [-0.25, -0.2) is 0 Å². The molecular weight excluding hydrogens is 269 g/mol. The Balaban J connectivity index is 1.87. The number of hydrogen-bond acceptors (Lipinski definition) is 2. The lowest BCUT2D eigenvalue weighted by atomic mass is 9.85. The van der Waals surface area contributed by atoms with E-state index in [-0.39, 0.29) is 23.5 Å². The highest BCUT2D eigenvalue weighted by Gasteiger charge is 2.41. The van der Waals surface area contributed by atoms with Gasteiger partial charge in [0.25, 0.3) is 0 Å². The highest BCUT2D eigenvalue weighted by atomic mass is 19.4. The van der Waals surface area contributed by atoms with E-state index in [1.807, 2.05) is 6.07 Å². The maximum atomic E-state index is 12.8. The van der Waals surface area contributed by atoms with Crippen molar-refractivity contribution in [3.63, 3.8) is 0 Å². The third-order valence-electron chi connectivity index (χ3n) is 3.15. The predicted octanol–water partition coefficient (Wildman–Crippen LogP) is 3.83. The van der Waals surface area contributed by atoms with Crippen LogP contribution in [0.4, 0.5) is 13.2 Å². The molecule has 102 valence electrons. The van der Waals surface area contributed by atoms with E-state index in [1.54, 1.807) is 24.3 Å². The number of carbonyl (C=O) groups excluding carboxylic acids is 1. The molecule has 0 aliphatic heterocycles. The zero-order chi connectivity index (χ0) is 14.3. The van der Waals surface area contributed by atoms with E-state index in [4.69, 9.17) is 4.74 Å². The summed E-state index contributed by atoms with van der Waals surface area (Å²) in [5, 5.41) is 0. The third-order valence-corrected chi connectivity index (χ3v) is 3.15. The van der Waals surface area contributed by atoms with E-state index in [9.17, 15) is 18.0 Å². The maximum Gasteiger partial charge on any atom is 0.417 e. The highest BCUT2D eigenvalue weighted by Crippen LogP contribution is 2.42. The molecule has 0 fully saturated rings. The first-order valence-corrected chi connectivity index (χ1v) is 5.93. The van der Waals surface area contributed by atoms with E-state index in [0.717, 1.165) is 11.6 Å². The summed E-state index contributed by atoms with van der Waals surface area (Å²) < 4.78 is 43.7. The van der Waals surface area contributed by atoms with Gasteiger partial charge in [-0.3, -0.25) is 4.79 Å². The van der Waals surface area contributed by atoms with Crippen LogP contribution in [0.15, 0.2) is 42.5 Å². The Labute approximate surface area is 112 Å². The molecule has 0 N–H and O–H groups in total. The van der Waals surface area contributed by atoms with E-state index in [0.29, 0.717) is 0 Å². The largest absolute Gasteiger partial charge is 0.488 e. The van der Waals surface area contributed by atoms with Gasteiger partial charge in [-0.15, -0.1) is 0 Å². The second-order valence-electron chi connectivity index (χ2n) is 4.50. The van der Waals surface area contributed by atoms with Gasteiger partial charge in [0.15, 0.2) is 5.78 Å². The van der Waals surface area contributed by atoms with E-state index in [1.165, 1.54) is 6.07 Å². The van der Waals surface area contributed by atoms with Crippen molar-refractivity contribution in [1.29, 1.82) is 0 Å². The Hall–Kier alpha value is -2.30. The average Bonchev–Trinajstić information content (AvgIpc) is 2.44. The van der Waals surface area contributed by atoms with Gasteiger partial charge in [-0.05, 0) is 17.7 Å². The summed E-state index contributed by atoms with van der Waals surface area (Å²) in [6, 6.07) is 11.2. The molecule has 0 aromatic heterocycles. The summed E-state index contributed by atoms with van der Waals surface area (Å²) in [7, 11) is 0. The Morgan fingerprint density at radius 3 is 2.30 bits per heavy atom. The molecule has 0 amide bonds. The van der Waals surface area contributed by atoms with Crippen LogP contribution < -0.4 is 4.74 Å². The number of ketones is 1. The van der Waals surface area contributed by atoms with Crippen molar-refractivity contribution in [3.05, 3.63) is 64.7 Å². The molecule has 2 bridgehead atoms. The van der Waals surface area contributed by atoms with Gasteiger partial charge in [0.05, 0.1) is 11.1 Å². The van der Waals surface area contributed by atoms with Gasteiger partial charge in [0.1, 0.15) is 12.4 Å². The summed E-state index contributed by atoms with van der Waals surface area (Å²) in [6.45, 7) is 0.123. The van der Waals surface area contributed by atoms with Crippen molar-refractivity contribution in [3.8, 4) is 5.75 Å². The van der Waals surface area contributed by atoms with E-state index >= 15 is 0 Å². The average molecular weight is 278 g/mol. The normalized spacial score (nSPS) is 13.1. The molecule has 5 heteroatoms. The van der Waals surface area contributed by atoms with E-state index < -0.39 is 17.5 Å². The molecule has 2 aliphatic carbocycles. The molecule has 0 radical (unpaired) electrons. The highest BCUT2D eigenvalue weighted by molar-refractivity contribution is 6.19. The maximum absolute atomic E-state index is 12.8. The molecule has 0 atom stereocenters. The van der Waals surface area contributed by atoms with Crippen LogP contribution in [0.3, 0.4) is 0 Å². The van der Waals surface area contributed by atoms with Crippen LogP contribution >= 0.6 is 0 Å². The number of alkyl halides is 3. The van der Waals surface area contributed by atoms with Crippen molar-refractivity contribution >= 4 is 5.78 Å². The molecule has 2 aliphatic rings. The minimum Gasteiger partial charge on any atom is -0.488 e. The lowest BCUT2D eigenvalue weighted by Crippen LogP contribution is -2.23. The number of halogens is 3. The summed E-state index contributed by atoms with van der Waals surface area (Å²) >= 11 is 0. The van der Waals surface area contributed by atoms with Crippen LogP contribution in [-0.4, -0.2) is 5.78 Å². The fourth-order valence-corrected chi connectivity index (χ4v) is 2.10. The Morgan fingerprint density at radius 1 is 1.00 bits per heavy atom. The number of ether oxygens (including phenoxy) is 1. The fourth-order valence-electron chi connectivity index (χ4n) is 2.10. The quantitative estimate of drug-likeness (QED) is 0.727. The fraction of sp³-hybridized carbons (Fsp3) is 0.133. The molecule has 2 aromatic rings. The van der Waals surface area contributed by atoms with Gasteiger partial charge in [0.2, 0.25) is 0 Å². The van der Waals surface area contributed by atoms with E-state index in [2.05, 4.69) is 0 Å². The smallest absolute Gasteiger partial charge is 0.417 e. The van der Waals surface area contributed by atoms with Crippen LogP contribution in [0.5, 0.6) is 5.75 Å². The zero-order valence-electron chi connectivity index (χ0n) is 10.2. The second-order valence-corrected chi connectivity index (χ2v) is 4.50. The zero-order valence-corrected chi connectivity index (χ0v) is 10.2. The summed E-state index contributed by atoms with van der Waals surface area (Å²) in [6.07, 6.45) is -4.55. The number of benzene rings is 2. The Kier molecular flexibility index (Phi) is 2.78. The molecule has 0 saturated carbocycles. The van der Waals surface area contributed by atoms with Crippen LogP contribution in [0, 0.1) is 0 Å². The summed E-state index contributed by atoms with van der Waals surface area (Å²) in [5.74, 6) is -0.607. The predicted molar refractivity (Wildman–Crippen MR) is 65.7 cm³/mol. The lowest BCUT2D eigenvalue weighted by Gasteiger charge is -2.23. The molecule has 2 aromatic carbocycles. The number of fused-ring (bicyclic) bond motifs is 2. The molecule has 2 nitrogen and oxygen atoms in total. The van der Waals surface area contributed by atoms with Crippen molar-refractivity contribution in [2.24, 2.45) is 0 Å². The minimum atomic E-state index is -4.55. The van der Waals surface area contributed by atoms with Gasteiger partial charge >= 0.3 is 6.18 Å². The van der Waals surface area contributed by atoms with Gasteiger partial charge in [-0.1, -0.05) is 30.3 Å².